The van der Waals surface area contributed by atoms with Crippen molar-refractivity contribution in [2.24, 2.45) is 5.73 Å². The second-order valence-electron chi connectivity index (χ2n) is 8.19. The minimum absolute atomic E-state index is 0.0556. The monoisotopic (exact) mass is 450 g/mol. The molecule has 6 nitrogen and oxygen atoms in total. The molecule has 1 atom stereocenters. The van der Waals surface area contributed by atoms with Crippen LogP contribution in [-0.4, -0.2) is 42.9 Å². The van der Waals surface area contributed by atoms with Crippen LogP contribution in [0.1, 0.15) is 21.6 Å². The Morgan fingerprint density at radius 3 is 2.76 bits per heavy atom. The van der Waals surface area contributed by atoms with E-state index in [0.29, 0.717) is 28.8 Å². The Morgan fingerprint density at radius 2 is 2.00 bits per heavy atom. The quantitative estimate of drug-likeness (QED) is 0.603. The number of hydrogen-bond donors (Lipinski definition) is 2. The number of likely N-dealkylation sites (N-methyl/N-ethyl adjacent to an activating group) is 1. The fraction of sp³-hybridized carbons (Fsp3) is 0.240. The van der Waals surface area contributed by atoms with Crippen molar-refractivity contribution >= 4 is 17.4 Å². The molecule has 4 rings (SSSR count). The van der Waals surface area contributed by atoms with Crippen LogP contribution >= 0.6 is 0 Å². The molecule has 0 saturated heterocycles. The van der Waals surface area contributed by atoms with E-state index in [2.05, 4.69) is 10.3 Å². The fourth-order valence-electron chi connectivity index (χ4n) is 4.16. The van der Waals surface area contributed by atoms with Gasteiger partial charge in [0.15, 0.2) is 5.78 Å². The SMILES string of the molecule is CN1CC(=O)Cc2nccc(-c3cc(F)cc(C(=O)N[C@H](CN)Cc4cccc(F)c4)c3)c21. The molecule has 0 bridgehead atoms. The summed E-state index contributed by atoms with van der Waals surface area (Å²) in [5.74, 6) is -1.35. The van der Waals surface area contributed by atoms with E-state index in [9.17, 15) is 18.4 Å². The lowest BCUT2D eigenvalue weighted by molar-refractivity contribution is -0.117. The number of fused-ring (bicyclic) bond motifs is 1. The molecule has 3 N–H and O–H groups in total. The summed E-state index contributed by atoms with van der Waals surface area (Å²) in [7, 11) is 1.78. The van der Waals surface area contributed by atoms with Gasteiger partial charge in [0.1, 0.15) is 11.6 Å². The van der Waals surface area contributed by atoms with Crippen molar-refractivity contribution in [3.63, 3.8) is 0 Å². The summed E-state index contributed by atoms with van der Waals surface area (Å²) in [5, 5.41) is 2.81. The lowest BCUT2D eigenvalue weighted by Gasteiger charge is -2.28. The van der Waals surface area contributed by atoms with Crippen LogP contribution in [0.2, 0.25) is 0 Å². The molecule has 1 amide bonds. The summed E-state index contributed by atoms with van der Waals surface area (Å²) in [6.07, 6.45) is 2.14. The molecule has 2 aromatic carbocycles. The van der Waals surface area contributed by atoms with E-state index in [1.165, 1.54) is 18.2 Å². The van der Waals surface area contributed by atoms with E-state index in [4.69, 9.17) is 5.73 Å². The average Bonchev–Trinajstić information content (AvgIpc) is 2.77. The Kier molecular flexibility index (Phi) is 6.46. The van der Waals surface area contributed by atoms with E-state index in [0.717, 1.165) is 11.8 Å². The Bertz CT molecular complexity index is 1210. The molecule has 0 fully saturated rings. The predicted molar refractivity (Wildman–Crippen MR) is 122 cm³/mol. The third kappa shape index (κ3) is 5.06. The largest absolute Gasteiger partial charge is 0.365 e. The van der Waals surface area contributed by atoms with Crippen LogP contribution in [0.5, 0.6) is 0 Å². The molecule has 3 aromatic rings. The van der Waals surface area contributed by atoms with Gasteiger partial charge in [-0.1, -0.05) is 12.1 Å². The molecule has 0 saturated carbocycles. The van der Waals surface area contributed by atoms with E-state index >= 15 is 0 Å². The molecule has 0 radical (unpaired) electrons. The molecule has 33 heavy (non-hydrogen) atoms. The molecular weight excluding hydrogens is 426 g/mol. The van der Waals surface area contributed by atoms with E-state index in [1.54, 1.807) is 42.4 Å². The van der Waals surface area contributed by atoms with Crippen molar-refractivity contribution in [2.75, 3.05) is 25.0 Å². The Balaban J connectivity index is 1.61. The molecule has 170 valence electrons. The van der Waals surface area contributed by atoms with Gasteiger partial charge in [-0.2, -0.15) is 0 Å². The van der Waals surface area contributed by atoms with Crippen LogP contribution in [0.3, 0.4) is 0 Å². The molecule has 0 aliphatic carbocycles. The maximum Gasteiger partial charge on any atom is 0.251 e. The highest BCUT2D eigenvalue weighted by Gasteiger charge is 2.25. The molecule has 0 spiro atoms. The van der Waals surface area contributed by atoms with Gasteiger partial charge in [0, 0.05) is 37.0 Å². The zero-order valence-corrected chi connectivity index (χ0v) is 18.1. The number of Topliss-reactive ketones (excluding diaryl/α,β-unsaturated/α-hetero) is 1. The third-order valence-corrected chi connectivity index (χ3v) is 5.62. The van der Waals surface area contributed by atoms with E-state index < -0.39 is 17.8 Å². The number of amides is 1. The zero-order chi connectivity index (χ0) is 23.5. The number of nitrogens with two attached hydrogens (primary N) is 1. The summed E-state index contributed by atoms with van der Waals surface area (Å²) in [6.45, 7) is 0.383. The van der Waals surface area contributed by atoms with Gasteiger partial charge in [0.2, 0.25) is 0 Å². The highest BCUT2D eigenvalue weighted by molar-refractivity contribution is 5.97. The van der Waals surface area contributed by atoms with Crippen molar-refractivity contribution in [2.45, 2.75) is 18.9 Å². The van der Waals surface area contributed by atoms with Crippen LogP contribution in [0.15, 0.2) is 54.7 Å². The number of carbonyl (C=O) groups is 2. The van der Waals surface area contributed by atoms with E-state index in [-0.39, 0.29) is 36.7 Å². The van der Waals surface area contributed by atoms with Crippen molar-refractivity contribution in [1.29, 1.82) is 0 Å². The zero-order valence-electron chi connectivity index (χ0n) is 18.1. The van der Waals surface area contributed by atoms with Crippen LogP contribution in [-0.2, 0) is 17.6 Å². The number of carbonyl (C=O) groups excluding carboxylic acids is 2. The van der Waals surface area contributed by atoms with Gasteiger partial charge >= 0.3 is 0 Å². The van der Waals surface area contributed by atoms with Crippen LogP contribution in [0.25, 0.3) is 11.1 Å². The van der Waals surface area contributed by atoms with Crippen molar-refractivity contribution in [3.8, 4) is 11.1 Å². The minimum Gasteiger partial charge on any atom is -0.365 e. The summed E-state index contributed by atoms with van der Waals surface area (Å²) in [6, 6.07) is 11.5. The molecule has 0 unspecified atom stereocenters. The molecule has 1 aromatic heterocycles. The van der Waals surface area contributed by atoms with Crippen molar-refractivity contribution in [3.05, 3.63) is 83.2 Å². The Labute approximate surface area is 190 Å². The van der Waals surface area contributed by atoms with Crippen molar-refractivity contribution in [1.82, 2.24) is 10.3 Å². The van der Waals surface area contributed by atoms with Crippen molar-refractivity contribution < 1.29 is 18.4 Å². The number of aromatic nitrogens is 1. The first-order valence-corrected chi connectivity index (χ1v) is 10.6. The number of nitrogens with one attached hydrogen (secondary N) is 1. The van der Waals surface area contributed by atoms with Gasteiger partial charge in [0.05, 0.1) is 24.3 Å². The topological polar surface area (TPSA) is 88.3 Å². The first-order chi connectivity index (χ1) is 15.8. The van der Waals surface area contributed by atoms with Gasteiger partial charge in [-0.05, 0) is 53.9 Å². The van der Waals surface area contributed by atoms with Gasteiger partial charge in [-0.3, -0.25) is 14.6 Å². The first-order valence-electron chi connectivity index (χ1n) is 10.6. The molecular formula is C25H24F2N4O2. The number of nitrogens with zero attached hydrogens (tertiary/aromatic N) is 2. The van der Waals surface area contributed by atoms with Gasteiger partial charge in [-0.15, -0.1) is 0 Å². The summed E-state index contributed by atoms with van der Waals surface area (Å²) >= 11 is 0. The van der Waals surface area contributed by atoms with Gasteiger partial charge in [-0.25, -0.2) is 8.78 Å². The standard InChI is InChI=1S/C25H24F2N4O2/c1-31-14-21(32)12-23-24(31)22(5-6-29-23)16-9-17(11-19(27)10-16)25(33)30-20(13-28)8-15-3-2-4-18(26)7-15/h2-7,9-11,20H,8,12-14,28H2,1H3,(H,30,33)/t20-/m0/s1. The maximum absolute atomic E-state index is 14.5. The number of halogens is 2. The molecule has 8 heteroatoms. The van der Waals surface area contributed by atoms with Crippen LogP contribution in [0, 0.1) is 11.6 Å². The van der Waals surface area contributed by atoms with Crippen LogP contribution in [0.4, 0.5) is 14.5 Å². The minimum atomic E-state index is -0.563. The molecule has 2 heterocycles. The highest BCUT2D eigenvalue weighted by Crippen LogP contribution is 2.35. The predicted octanol–water partition coefficient (Wildman–Crippen LogP) is 2.89. The summed E-state index contributed by atoms with van der Waals surface area (Å²) in [4.78, 5) is 31.0. The Hall–Kier alpha value is -3.65. The van der Waals surface area contributed by atoms with Crippen LogP contribution < -0.4 is 16.0 Å². The normalized spacial score (nSPS) is 14.1. The fourth-order valence-corrected chi connectivity index (χ4v) is 4.16. The lowest BCUT2D eigenvalue weighted by Crippen LogP contribution is -2.41. The number of ketones is 1. The number of rotatable bonds is 6. The Morgan fingerprint density at radius 1 is 1.18 bits per heavy atom. The summed E-state index contributed by atoms with van der Waals surface area (Å²) < 4.78 is 28.0. The molecule has 1 aliphatic rings. The lowest BCUT2D eigenvalue weighted by atomic mass is 9.96. The first kappa shape index (κ1) is 22.5. The smallest absolute Gasteiger partial charge is 0.251 e. The third-order valence-electron chi connectivity index (χ3n) is 5.62. The molecule has 1 aliphatic heterocycles. The highest BCUT2D eigenvalue weighted by atomic mass is 19.1. The number of benzene rings is 2. The summed E-state index contributed by atoms with van der Waals surface area (Å²) in [5.41, 5.74) is 9.24. The average molecular weight is 450 g/mol. The van der Waals surface area contributed by atoms with E-state index in [1.807, 2.05) is 0 Å². The second-order valence-corrected chi connectivity index (χ2v) is 8.19. The number of hydrogen-bond acceptors (Lipinski definition) is 5. The van der Waals surface area contributed by atoms with Gasteiger partial charge in [0.25, 0.3) is 5.91 Å². The second kappa shape index (κ2) is 9.46. The maximum atomic E-state index is 14.5. The van der Waals surface area contributed by atoms with Gasteiger partial charge < -0.3 is 16.0 Å². The number of pyridine rings is 1. The number of anilines is 1.